The lowest BCUT2D eigenvalue weighted by Gasteiger charge is -2.23. The number of hydrogen-bond donors (Lipinski definition) is 2. The van der Waals surface area contributed by atoms with Crippen LogP contribution in [0.4, 0.5) is 0 Å². The van der Waals surface area contributed by atoms with Gasteiger partial charge in [0.25, 0.3) is 0 Å². The molecule has 2 N–H and O–H groups in total. The fourth-order valence-electron chi connectivity index (χ4n) is 1.38. The zero-order chi connectivity index (χ0) is 12.4. The highest BCUT2D eigenvalue weighted by Gasteiger charge is 2.10. The van der Waals surface area contributed by atoms with Gasteiger partial charge in [0.05, 0.1) is 12.8 Å². The van der Waals surface area contributed by atoms with Crippen LogP contribution in [0.1, 0.15) is 13.8 Å². The fourth-order valence-corrected chi connectivity index (χ4v) is 1.38. The van der Waals surface area contributed by atoms with E-state index in [9.17, 15) is 0 Å². The Morgan fingerprint density at radius 2 is 2.25 bits per heavy atom. The molecule has 4 nitrogen and oxygen atoms in total. The van der Waals surface area contributed by atoms with Crippen LogP contribution in [0.2, 0.25) is 0 Å². The van der Waals surface area contributed by atoms with Crippen molar-refractivity contribution in [2.24, 2.45) is 4.99 Å². The molecule has 0 aromatic heterocycles. The predicted octanol–water partition coefficient (Wildman–Crippen LogP) is 1.32. The third kappa shape index (κ3) is 6.50. The van der Waals surface area contributed by atoms with E-state index in [-0.39, 0.29) is 6.17 Å². The summed E-state index contributed by atoms with van der Waals surface area (Å²) >= 11 is 0. The molecule has 0 bridgehead atoms. The van der Waals surface area contributed by atoms with Crippen LogP contribution in [-0.4, -0.2) is 39.7 Å². The van der Waals surface area contributed by atoms with E-state index in [2.05, 4.69) is 36.2 Å². The third-order valence-corrected chi connectivity index (χ3v) is 2.16. The summed E-state index contributed by atoms with van der Waals surface area (Å²) in [5.41, 5.74) is 1.19. The third-order valence-electron chi connectivity index (χ3n) is 2.16. The summed E-state index contributed by atoms with van der Waals surface area (Å²) < 4.78 is 5.08. The van der Waals surface area contributed by atoms with E-state index >= 15 is 0 Å². The quantitative estimate of drug-likeness (QED) is 0.372. The molecule has 16 heavy (non-hydrogen) atoms. The molecular formula is C12H23N3O. The molecule has 0 fully saturated rings. The first kappa shape index (κ1) is 15.0. The second-order valence-corrected chi connectivity index (χ2v) is 3.68. The largest absolute Gasteiger partial charge is 0.383 e. The highest BCUT2D eigenvalue weighted by atomic mass is 16.5. The molecule has 1 unspecified atom stereocenters. The topological polar surface area (TPSA) is 45.7 Å². The number of nitrogens with zero attached hydrogens (tertiary/aromatic N) is 1. The molecule has 0 aliphatic carbocycles. The molecule has 0 amide bonds. The van der Waals surface area contributed by atoms with Crippen molar-refractivity contribution in [2.45, 2.75) is 26.1 Å². The molecule has 0 aliphatic heterocycles. The lowest BCUT2D eigenvalue weighted by Crippen LogP contribution is -2.47. The summed E-state index contributed by atoms with van der Waals surface area (Å²) in [5.74, 6) is 0. The van der Waals surface area contributed by atoms with E-state index in [0.29, 0.717) is 12.6 Å². The minimum atomic E-state index is 0.139. The van der Waals surface area contributed by atoms with Crippen LogP contribution in [0, 0.1) is 0 Å². The van der Waals surface area contributed by atoms with Crippen molar-refractivity contribution in [3.05, 3.63) is 23.9 Å². The van der Waals surface area contributed by atoms with E-state index in [1.807, 2.05) is 19.2 Å². The van der Waals surface area contributed by atoms with Crippen molar-refractivity contribution in [1.29, 1.82) is 0 Å². The number of allylic oxidation sites excluding steroid dienone is 2. The number of nitrogens with one attached hydrogen (secondary N) is 2. The van der Waals surface area contributed by atoms with Gasteiger partial charge >= 0.3 is 0 Å². The van der Waals surface area contributed by atoms with E-state index < -0.39 is 0 Å². The van der Waals surface area contributed by atoms with Crippen LogP contribution in [0.3, 0.4) is 0 Å². The van der Waals surface area contributed by atoms with E-state index in [4.69, 9.17) is 4.74 Å². The van der Waals surface area contributed by atoms with Gasteiger partial charge in [-0.1, -0.05) is 6.08 Å². The van der Waals surface area contributed by atoms with Crippen LogP contribution in [0.15, 0.2) is 28.9 Å². The lowest BCUT2D eigenvalue weighted by molar-refractivity contribution is 0.167. The van der Waals surface area contributed by atoms with Crippen molar-refractivity contribution in [3.63, 3.8) is 0 Å². The molecule has 0 aromatic rings. The summed E-state index contributed by atoms with van der Waals surface area (Å²) in [6.07, 6.45) is 5.67. The van der Waals surface area contributed by atoms with Crippen molar-refractivity contribution in [3.8, 4) is 0 Å². The number of ether oxygens (including phenoxy) is 1. The van der Waals surface area contributed by atoms with Crippen LogP contribution >= 0.6 is 0 Å². The Morgan fingerprint density at radius 3 is 2.75 bits per heavy atom. The van der Waals surface area contributed by atoms with Gasteiger partial charge < -0.3 is 10.1 Å². The van der Waals surface area contributed by atoms with Gasteiger partial charge in [-0.15, -0.1) is 0 Å². The highest BCUT2D eigenvalue weighted by molar-refractivity contribution is 5.26. The van der Waals surface area contributed by atoms with E-state index in [1.165, 1.54) is 5.57 Å². The summed E-state index contributed by atoms with van der Waals surface area (Å²) in [5, 5.41) is 6.61. The molecule has 0 radical (unpaired) electrons. The Kier molecular flexibility index (Phi) is 8.71. The predicted molar refractivity (Wildman–Crippen MR) is 69.8 cm³/mol. The molecule has 0 spiro atoms. The van der Waals surface area contributed by atoms with Crippen molar-refractivity contribution >= 4 is 6.72 Å². The van der Waals surface area contributed by atoms with Crippen LogP contribution in [-0.2, 0) is 4.74 Å². The molecule has 2 atom stereocenters. The van der Waals surface area contributed by atoms with Gasteiger partial charge in [-0.2, -0.15) is 0 Å². The Labute approximate surface area is 98.5 Å². The number of rotatable bonds is 8. The van der Waals surface area contributed by atoms with Gasteiger partial charge in [-0.25, -0.2) is 0 Å². The van der Waals surface area contributed by atoms with Gasteiger partial charge in [-0.3, -0.25) is 10.3 Å². The number of aliphatic imine (C=N–C) groups is 1. The molecule has 92 valence electrons. The number of methoxy groups -OCH3 is 1. The second kappa shape index (κ2) is 9.27. The first-order valence-corrected chi connectivity index (χ1v) is 5.37. The van der Waals surface area contributed by atoms with E-state index in [1.54, 1.807) is 13.3 Å². The smallest absolute Gasteiger partial charge is 0.0795 e. The van der Waals surface area contributed by atoms with Gasteiger partial charge in [0, 0.05) is 19.4 Å². The Hall–Kier alpha value is -0.970. The van der Waals surface area contributed by atoms with Gasteiger partial charge in [0.1, 0.15) is 0 Å². The molecule has 0 rings (SSSR count). The number of hydrogen-bond acceptors (Lipinski definition) is 4. The average Bonchev–Trinajstić information content (AvgIpc) is 2.26. The number of likely N-dealkylation sites (N-methyl/N-ethyl adjacent to an activating group) is 1. The Balaban J connectivity index is 4.30. The molecule has 0 aromatic carbocycles. The SMILES string of the molecule is C=N/C=C/C=C(\C)C(NC)N[C@H](C)COC. The van der Waals surface area contributed by atoms with Crippen molar-refractivity contribution in [2.75, 3.05) is 20.8 Å². The second-order valence-electron chi connectivity index (χ2n) is 3.68. The molecule has 0 saturated heterocycles. The zero-order valence-electron chi connectivity index (χ0n) is 10.7. The monoisotopic (exact) mass is 225 g/mol. The van der Waals surface area contributed by atoms with Crippen LogP contribution in [0.5, 0.6) is 0 Å². The normalized spacial score (nSPS) is 16.4. The van der Waals surface area contributed by atoms with Gasteiger partial charge in [-0.05, 0) is 39.3 Å². The molecule has 0 aliphatic rings. The lowest BCUT2D eigenvalue weighted by atomic mass is 10.2. The van der Waals surface area contributed by atoms with E-state index in [0.717, 1.165) is 0 Å². The van der Waals surface area contributed by atoms with Crippen molar-refractivity contribution < 1.29 is 4.74 Å². The standard InChI is InChI=1S/C12H23N3O/c1-10(7-6-8-13-3)12(14-4)15-11(2)9-16-5/h6-8,11-12,14-15H,3,9H2,1-2,4-5H3/b8-6+,10-7+/t11-,12?/m1/s1. The van der Waals surface area contributed by atoms with Crippen LogP contribution in [0.25, 0.3) is 0 Å². The summed E-state index contributed by atoms with van der Waals surface area (Å²) in [6, 6.07) is 0.298. The molecule has 4 heteroatoms. The maximum atomic E-state index is 5.08. The van der Waals surface area contributed by atoms with Gasteiger partial charge in [0.2, 0.25) is 0 Å². The Morgan fingerprint density at radius 1 is 1.56 bits per heavy atom. The molecule has 0 saturated carbocycles. The average molecular weight is 225 g/mol. The van der Waals surface area contributed by atoms with Crippen molar-refractivity contribution in [1.82, 2.24) is 10.6 Å². The maximum absolute atomic E-state index is 5.08. The first-order chi connectivity index (χ1) is 7.65. The minimum Gasteiger partial charge on any atom is -0.383 e. The minimum absolute atomic E-state index is 0.139. The summed E-state index contributed by atoms with van der Waals surface area (Å²) in [6.45, 7) is 8.21. The first-order valence-electron chi connectivity index (χ1n) is 5.37. The summed E-state index contributed by atoms with van der Waals surface area (Å²) in [4.78, 5) is 3.65. The zero-order valence-corrected chi connectivity index (χ0v) is 10.7. The Bertz CT molecular complexity index is 249. The van der Waals surface area contributed by atoms with Gasteiger partial charge in [0.15, 0.2) is 0 Å². The fraction of sp³-hybridized carbons (Fsp3) is 0.583. The molecule has 0 heterocycles. The maximum Gasteiger partial charge on any atom is 0.0795 e. The summed E-state index contributed by atoms with van der Waals surface area (Å²) in [7, 11) is 3.62. The highest BCUT2D eigenvalue weighted by Crippen LogP contribution is 2.00. The molecular weight excluding hydrogens is 202 g/mol. The van der Waals surface area contributed by atoms with Crippen LogP contribution < -0.4 is 10.6 Å².